The molecule has 0 aromatic heterocycles. The first-order chi connectivity index (χ1) is 13.1. The van der Waals surface area contributed by atoms with Crippen LogP contribution >= 0.6 is 0 Å². The maximum atomic E-state index is 12.9. The fraction of sp³-hybridized carbons (Fsp3) is 0.619. The van der Waals surface area contributed by atoms with E-state index in [1.165, 1.54) is 32.1 Å². The molecule has 6 nitrogen and oxygen atoms in total. The molecule has 6 heteroatoms. The van der Waals surface area contributed by atoms with Gasteiger partial charge in [-0.2, -0.15) is 0 Å². The molecule has 3 aliphatic rings. The van der Waals surface area contributed by atoms with Gasteiger partial charge in [-0.25, -0.2) is 0 Å². The Kier molecular flexibility index (Phi) is 5.34. The SMILES string of the molecule is O=C1N[C@H](Cc2ccc(O)cc2)C(=O)N2CCN(CC3CCCCC3)C[C@H]12. The van der Waals surface area contributed by atoms with Crippen molar-refractivity contribution in [3.8, 4) is 5.75 Å². The quantitative estimate of drug-likeness (QED) is 0.842. The van der Waals surface area contributed by atoms with Gasteiger partial charge >= 0.3 is 0 Å². The standard InChI is InChI=1S/C21H29N3O3/c25-17-8-6-15(7-9-17)12-18-21(27)24-11-10-23(14-19(24)20(26)22-18)13-16-4-2-1-3-5-16/h6-9,16,18-19,25H,1-5,10-14H2,(H,22,26)/t18-,19-/m1/s1. The van der Waals surface area contributed by atoms with Gasteiger partial charge in [-0.1, -0.05) is 31.4 Å². The van der Waals surface area contributed by atoms with E-state index in [1.807, 2.05) is 0 Å². The zero-order valence-electron chi connectivity index (χ0n) is 15.8. The van der Waals surface area contributed by atoms with Crippen molar-refractivity contribution in [1.29, 1.82) is 0 Å². The van der Waals surface area contributed by atoms with Crippen LogP contribution in [-0.4, -0.2) is 65.0 Å². The number of benzene rings is 1. The zero-order chi connectivity index (χ0) is 18.8. The summed E-state index contributed by atoms with van der Waals surface area (Å²) < 4.78 is 0. The van der Waals surface area contributed by atoms with E-state index in [-0.39, 0.29) is 23.6 Å². The summed E-state index contributed by atoms with van der Waals surface area (Å²) in [5.41, 5.74) is 0.931. The van der Waals surface area contributed by atoms with Crippen LogP contribution in [0.4, 0.5) is 0 Å². The van der Waals surface area contributed by atoms with Crippen molar-refractivity contribution < 1.29 is 14.7 Å². The third-order valence-corrected chi connectivity index (χ3v) is 6.28. The molecule has 1 aliphatic carbocycles. The number of rotatable bonds is 4. The lowest BCUT2D eigenvalue weighted by Crippen LogP contribution is -2.69. The summed E-state index contributed by atoms with van der Waals surface area (Å²) in [4.78, 5) is 29.8. The zero-order valence-corrected chi connectivity index (χ0v) is 15.8. The Morgan fingerprint density at radius 2 is 1.78 bits per heavy atom. The number of aromatic hydroxyl groups is 1. The lowest BCUT2D eigenvalue weighted by atomic mass is 9.88. The first kappa shape index (κ1) is 18.3. The molecule has 0 radical (unpaired) electrons. The Morgan fingerprint density at radius 1 is 1.04 bits per heavy atom. The Labute approximate surface area is 160 Å². The van der Waals surface area contributed by atoms with Gasteiger partial charge in [0.15, 0.2) is 0 Å². The summed E-state index contributed by atoms with van der Waals surface area (Å²) in [6.07, 6.45) is 7.06. The first-order valence-electron chi connectivity index (χ1n) is 10.2. The minimum atomic E-state index is -0.511. The maximum Gasteiger partial charge on any atom is 0.246 e. The van der Waals surface area contributed by atoms with Gasteiger partial charge in [0.1, 0.15) is 17.8 Å². The molecule has 2 atom stereocenters. The number of fused-ring (bicyclic) bond motifs is 1. The smallest absolute Gasteiger partial charge is 0.246 e. The fourth-order valence-electron chi connectivity index (χ4n) is 4.76. The average molecular weight is 371 g/mol. The molecule has 27 heavy (non-hydrogen) atoms. The largest absolute Gasteiger partial charge is 0.508 e. The Morgan fingerprint density at radius 3 is 2.52 bits per heavy atom. The van der Waals surface area contributed by atoms with Crippen LogP contribution < -0.4 is 5.32 Å². The van der Waals surface area contributed by atoms with E-state index in [0.717, 1.165) is 24.6 Å². The highest BCUT2D eigenvalue weighted by Gasteiger charge is 2.43. The van der Waals surface area contributed by atoms with Gasteiger partial charge in [0.25, 0.3) is 0 Å². The van der Waals surface area contributed by atoms with E-state index in [4.69, 9.17) is 0 Å². The highest BCUT2D eigenvalue weighted by Crippen LogP contribution is 2.26. The number of hydrogen-bond acceptors (Lipinski definition) is 4. The number of piperazine rings is 2. The molecule has 1 aromatic carbocycles. The Hall–Kier alpha value is -2.08. The Bertz CT molecular complexity index is 684. The van der Waals surface area contributed by atoms with Gasteiger partial charge < -0.3 is 15.3 Å². The van der Waals surface area contributed by atoms with Crippen molar-refractivity contribution in [2.24, 2.45) is 5.92 Å². The lowest BCUT2D eigenvalue weighted by molar-refractivity contribution is -0.153. The molecule has 2 N–H and O–H groups in total. The second-order valence-electron chi connectivity index (χ2n) is 8.24. The van der Waals surface area contributed by atoms with Gasteiger partial charge in [-0.05, 0) is 36.5 Å². The lowest BCUT2D eigenvalue weighted by Gasteiger charge is -2.46. The summed E-state index contributed by atoms with van der Waals surface area (Å²) in [6, 6.07) is 5.94. The third kappa shape index (κ3) is 4.10. The van der Waals surface area contributed by atoms with Gasteiger partial charge in [0.2, 0.25) is 11.8 Å². The normalized spacial score (nSPS) is 27.3. The summed E-state index contributed by atoms with van der Waals surface area (Å²) in [5, 5.41) is 12.3. The van der Waals surface area contributed by atoms with E-state index >= 15 is 0 Å². The molecule has 2 amide bonds. The van der Waals surface area contributed by atoms with Gasteiger partial charge in [-0.3, -0.25) is 14.5 Å². The first-order valence-corrected chi connectivity index (χ1v) is 10.2. The van der Waals surface area contributed by atoms with Crippen molar-refractivity contribution >= 4 is 11.8 Å². The molecule has 1 aromatic rings. The number of phenolic OH excluding ortho intramolecular Hbond substituents is 1. The van der Waals surface area contributed by atoms with Gasteiger partial charge in [0.05, 0.1) is 0 Å². The van der Waals surface area contributed by atoms with Crippen LogP contribution in [0.2, 0.25) is 0 Å². The van der Waals surface area contributed by atoms with Gasteiger partial charge in [0, 0.05) is 32.6 Å². The van der Waals surface area contributed by atoms with Crippen LogP contribution in [0.3, 0.4) is 0 Å². The highest BCUT2D eigenvalue weighted by molar-refractivity contribution is 5.97. The molecular weight excluding hydrogens is 342 g/mol. The van der Waals surface area contributed by atoms with Crippen molar-refractivity contribution in [1.82, 2.24) is 15.1 Å². The fourth-order valence-corrected chi connectivity index (χ4v) is 4.76. The topological polar surface area (TPSA) is 72.9 Å². The molecule has 3 fully saturated rings. The molecule has 2 aliphatic heterocycles. The minimum Gasteiger partial charge on any atom is -0.508 e. The molecular formula is C21H29N3O3. The number of carbonyl (C=O) groups is 2. The third-order valence-electron chi connectivity index (χ3n) is 6.28. The maximum absolute atomic E-state index is 12.9. The predicted octanol–water partition coefficient (Wildman–Crippen LogP) is 1.53. The predicted molar refractivity (Wildman–Crippen MR) is 102 cm³/mol. The molecule has 0 spiro atoms. The van der Waals surface area contributed by atoms with Crippen LogP contribution in [0, 0.1) is 5.92 Å². The summed E-state index contributed by atoms with van der Waals surface area (Å²) in [5.74, 6) is 0.929. The monoisotopic (exact) mass is 371 g/mol. The van der Waals surface area contributed by atoms with Crippen LogP contribution in [0.15, 0.2) is 24.3 Å². The molecule has 146 valence electrons. The van der Waals surface area contributed by atoms with E-state index in [9.17, 15) is 14.7 Å². The number of nitrogens with one attached hydrogen (secondary N) is 1. The van der Waals surface area contributed by atoms with E-state index in [2.05, 4.69) is 10.2 Å². The summed E-state index contributed by atoms with van der Waals surface area (Å²) in [6.45, 7) is 3.20. The van der Waals surface area contributed by atoms with Gasteiger partial charge in [-0.15, -0.1) is 0 Å². The number of nitrogens with zero attached hydrogens (tertiary/aromatic N) is 2. The molecule has 1 saturated carbocycles. The average Bonchev–Trinajstić information content (AvgIpc) is 2.68. The van der Waals surface area contributed by atoms with Crippen LogP contribution in [0.5, 0.6) is 5.75 Å². The molecule has 2 saturated heterocycles. The van der Waals surface area contributed by atoms with E-state index < -0.39 is 6.04 Å². The number of phenols is 1. The van der Waals surface area contributed by atoms with Crippen molar-refractivity contribution in [3.63, 3.8) is 0 Å². The number of carbonyl (C=O) groups excluding carboxylic acids is 2. The van der Waals surface area contributed by atoms with Crippen molar-refractivity contribution in [2.45, 2.75) is 50.6 Å². The van der Waals surface area contributed by atoms with Crippen LogP contribution in [-0.2, 0) is 16.0 Å². The molecule has 2 heterocycles. The van der Waals surface area contributed by atoms with Crippen LogP contribution in [0.1, 0.15) is 37.7 Å². The van der Waals surface area contributed by atoms with E-state index in [1.54, 1.807) is 29.2 Å². The minimum absolute atomic E-state index is 0.0185. The summed E-state index contributed by atoms with van der Waals surface area (Å²) in [7, 11) is 0. The number of amides is 2. The molecule has 0 unspecified atom stereocenters. The highest BCUT2D eigenvalue weighted by atomic mass is 16.3. The molecule has 4 rings (SSSR count). The van der Waals surface area contributed by atoms with Crippen molar-refractivity contribution in [2.75, 3.05) is 26.2 Å². The number of hydrogen-bond donors (Lipinski definition) is 2. The van der Waals surface area contributed by atoms with Crippen LogP contribution in [0.25, 0.3) is 0 Å². The second kappa shape index (κ2) is 7.89. The van der Waals surface area contributed by atoms with E-state index in [0.29, 0.717) is 19.5 Å². The molecule has 0 bridgehead atoms. The van der Waals surface area contributed by atoms with Crippen molar-refractivity contribution in [3.05, 3.63) is 29.8 Å². The Balaban J connectivity index is 1.37. The second-order valence-corrected chi connectivity index (χ2v) is 8.24. The summed E-state index contributed by atoms with van der Waals surface area (Å²) >= 11 is 0.